The lowest BCUT2D eigenvalue weighted by Crippen LogP contribution is -2.33. The maximum Gasteiger partial charge on any atom is 0.0908 e. The molecule has 0 aliphatic heterocycles. The molecule has 0 saturated heterocycles. The van der Waals surface area contributed by atoms with Gasteiger partial charge in [-0.2, -0.15) is 0 Å². The summed E-state index contributed by atoms with van der Waals surface area (Å²) in [4.78, 5) is 0. The van der Waals surface area contributed by atoms with Crippen LogP contribution in [0.25, 0.3) is 0 Å². The van der Waals surface area contributed by atoms with Crippen LogP contribution in [0.3, 0.4) is 0 Å². The minimum absolute atomic E-state index is 0.149. The van der Waals surface area contributed by atoms with Gasteiger partial charge in [0.1, 0.15) is 0 Å². The van der Waals surface area contributed by atoms with Gasteiger partial charge in [0.25, 0.3) is 0 Å². The van der Waals surface area contributed by atoms with Crippen molar-refractivity contribution in [1.82, 2.24) is 0 Å². The van der Waals surface area contributed by atoms with Gasteiger partial charge in [-0.25, -0.2) is 0 Å². The van der Waals surface area contributed by atoms with Crippen molar-refractivity contribution in [3.63, 3.8) is 0 Å². The first-order valence-electron chi connectivity index (χ1n) is 6.19. The van der Waals surface area contributed by atoms with Crippen LogP contribution in [-0.2, 0) is 4.74 Å². The summed E-state index contributed by atoms with van der Waals surface area (Å²) in [5.74, 6) is 1.35. The van der Waals surface area contributed by atoms with Crippen molar-refractivity contribution in [3.8, 4) is 0 Å². The smallest absolute Gasteiger partial charge is 0.0908 e. The fourth-order valence-electron chi connectivity index (χ4n) is 2.11. The molecule has 2 nitrogen and oxygen atoms in total. The third-order valence-corrected chi connectivity index (χ3v) is 3.13. The quantitative estimate of drug-likeness (QED) is 0.678. The molecule has 1 rings (SSSR count). The molecular weight excluding hydrogens is 188 g/mol. The molecule has 2 heteroatoms. The predicted octanol–water partition coefficient (Wildman–Crippen LogP) is 3.82. The first-order chi connectivity index (χ1) is 7.15. The van der Waals surface area contributed by atoms with E-state index in [0.717, 1.165) is 12.3 Å². The number of hydrogen-bond acceptors (Lipinski definition) is 2. The van der Waals surface area contributed by atoms with Crippen molar-refractivity contribution in [2.24, 2.45) is 5.92 Å². The fourth-order valence-corrected chi connectivity index (χ4v) is 2.11. The maximum atomic E-state index is 9.50. The van der Waals surface area contributed by atoms with Crippen molar-refractivity contribution < 1.29 is 9.84 Å². The van der Waals surface area contributed by atoms with Crippen molar-refractivity contribution in [1.29, 1.82) is 0 Å². The standard InChI is InChI=1S/C13H24O2/c1-4-6-12(14)7-10(3)15-13-8-11(5-2)9-13/h6,10-11,13-14H,4-5,7-9H2,1-3H3/b12-6+. The van der Waals surface area contributed by atoms with Gasteiger partial charge >= 0.3 is 0 Å². The van der Waals surface area contributed by atoms with Crippen molar-refractivity contribution in [2.45, 2.75) is 65.1 Å². The highest BCUT2D eigenvalue weighted by Crippen LogP contribution is 2.33. The van der Waals surface area contributed by atoms with Crippen LogP contribution in [0.4, 0.5) is 0 Å². The van der Waals surface area contributed by atoms with Crippen molar-refractivity contribution >= 4 is 0 Å². The molecule has 0 spiro atoms. The van der Waals surface area contributed by atoms with E-state index < -0.39 is 0 Å². The van der Waals surface area contributed by atoms with Gasteiger partial charge in [-0.15, -0.1) is 0 Å². The molecule has 0 aromatic carbocycles. The first-order valence-corrected chi connectivity index (χ1v) is 6.19. The van der Waals surface area contributed by atoms with Crippen molar-refractivity contribution in [3.05, 3.63) is 11.8 Å². The molecular formula is C13H24O2. The number of aliphatic hydroxyl groups excluding tert-OH is 1. The molecule has 1 saturated carbocycles. The van der Waals surface area contributed by atoms with E-state index in [9.17, 15) is 5.11 Å². The first kappa shape index (κ1) is 12.6. The number of ether oxygens (including phenoxy) is 1. The highest BCUT2D eigenvalue weighted by Gasteiger charge is 2.29. The fraction of sp³-hybridized carbons (Fsp3) is 0.846. The summed E-state index contributed by atoms with van der Waals surface area (Å²) in [5.41, 5.74) is 0. The average Bonchev–Trinajstić information content (AvgIpc) is 2.10. The van der Waals surface area contributed by atoms with Gasteiger partial charge in [-0.05, 0) is 38.2 Å². The van der Waals surface area contributed by atoms with Crippen LogP contribution in [0, 0.1) is 5.92 Å². The highest BCUT2D eigenvalue weighted by atomic mass is 16.5. The largest absolute Gasteiger partial charge is 0.513 e. The minimum Gasteiger partial charge on any atom is -0.513 e. The molecule has 88 valence electrons. The second kappa shape index (κ2) is 6.16. The SMILES string of the molecule is CC/C=C(/O)CC(C)OC1CC(CC)C1. The van der Waals surface area contributed by atoms with Crippen LogP contribution in [-0.4, -0.2) is 17.3 Å². The van der Waals surface area contributed by atoms with Crippen LogP contribution in [0.2, 0.25) is 0 Å². The summed E-state index contributed by atoms with van der Waals surface area (Å²) in [6.07, 6.45) is 7.68. The Hall–Kier alpha value is -0.500. The molecule has 0 bridgehead atoms. The molecule has 1 fully saturated rings. The van der Waals surface area contributed by atoms with Crippen LogP contribution in [0.15, 0.2) is 11.8 Å². The van der Waals surface area contributed by atoms with E-state index in [-0.39, 0.29) is 6.10 Å². The van der Waals surface area contributed by atoms with Crippen LogP contribution in [0.1, 0.15) is 52.9 Å². The summed E-state index contributed by atoms with van der Waals surface area (Å²) in [7, 11) is 0. The van der Waals surface area contributed by atoms with Gasteiger partial charge in [0.15, 0.2) is 0 Å². The Morgan fingerprint density at radius 3 is 2.67 bits per heavy atom. The van der Waals surface area contributed by atoms with E-state index in [1.807, 2.05) is 19.9 Å². The zero-order chi connectivity index (χ0) is 11.3. The van der Waals surface area contributed by atoms with Gasteiger partial charge in [-0.3, -0.25) is 0 Å². The third-order valence-electron chi connectivity index (χ3n) is 3.13. The minimum atomic E-state index is 0.149. The Labute approximate surface area is 93.3 Å². The third kappa shape index (κ3) is 4.25. The van der Waals surface area contributed by atoms with Crippen LogP contribution < -0.4 is 0 Å². The van der Waals surface area contributed by atoms with Gasteiger partial charge in [-0.1, -0.05) is 20.3 Å². The topological polar surface area (TPSA) is 29.5 Å². The molecule has 1 aliphatic rings. The molecule has 15 heavy (non-hydrogen) atoms. The maximum absolute atomic E-state index is 9.50. The number of rotatable bonds is 6. The van der Waals surface area contributed by atoms with E-state index in [0.29, 0.717) is 18.3 Å². The van der Waals surface area contributed by atoms with Gasteiger partial charge in [0.05, 0.1) is 18.0 Å². The number of aliphatic hydroxyl groups is 1. The molecule has 0 radical (unpaired) electrons. The van der Waals surface area contributed by atoms with E-state index in [1.54, 1.807) is 0 Å². The lowest BCUT2D eigenvalue weighted by molar-refractivity contribution is -0.0711. The van der Waals surface area contributed by atoms with Gasteiger partial charge in [0.2, 0.25) is 0 Å². The Bertz CT molecular complexity index is 205. The highest BCUT2D eigenvalue weighted by molar-refractivity contribution is 4.92. The lowest BCUT2D eigenvalue weighted by Gasteiger charge is -2.36. The predicted molar refractivity (Wildman–Crippen MR) is 63.0 cm³/mol. The van der Waals surface area contributed by atoms with E-state index >= 15 is 0 Å². The van der Waals surface area contributed by atoms with Crippen molar-refractivity contribution in [2.75, 3.05) is 0 Å². The molecule has 0 heterocycles. The summed E-state index contributed by atoms with van der Waals surface area (Å²) in [6.45, 7) is 6.30. The molecule has 0 aromatic rings. The Kier molecular flexibility index (Phi) is 5.16. The molecule has 1 atom stereocenters. The van der Waals surface area contributed by atoms with E-state index in [2.05, 4.69) is 6.92 Å². The second-order valence-electron chi connectivity index (χ2n) is 4.62. The normalized spacial score (nSPS) is 28.6. The summed E-state index contributed by atoms with van der Waals surface area (Å²) in [5, 5.41) is 9.50. The van der Waals surface area contributed by atoms with E-state index in [4.69, 9.17) is 4.74 Å². The summed E-state index contributed by atoms with van der Waals surface area (Å²) >= 11 is 0. The van der Waals surface area contributed by atoms with Gasteiger partial charge in [0, 0.05) is 6.42 Å². The molecule has 0 aromatic heterocycles. The molecule has 1 aliphatic carbocycles. The zero-order valence-electron chi connectivity index (χ0n) is 10.2. The number of hydrogen-bond donors (Lipinski definition) is 1. The van der Waals surface area contributed by atoms with Crippen LogP contribution in [0.5, 0.6) is 0 Å². The second-order valence-corrected chi connectivity index (χ2v) is 4.62. The molecule has 1 N–H and O–H groups in total. The van der Waals surface area contributed by atoms with Gasteiger partial charge < -0.3 is 9.84 Å². The summed E-state index contributed by atoms with van der Waals surface area (Å²) < 4.78 is 5.83. The molecule has 0 amide bonds. The van der Waals surface area contributed by atoms with E-state index in [1.165, 1.54) is 19.3 Å². The average molecular weight is 212 g/mol. The summed E-state index contributed by atoms with van der Waals surface area (Å²) in [6, 6.07) is 0. The number of allylic oxidation sites excluding steroid dienone is 1. The zero-order valence-corrected chi connectivity index (χ0v) is 10.2. The Morgan fingerprint density at radius 1 is 1.47 bits per heavy atom. The lowest BCUT2D eigenvalue weighted by atomic mass is 9.80. The Balaban J connectivity index is 2.14. The monoisotopic (exact) mass is 212 g/mol. The molecule has 1 unspecified atom stereocenters. The Morgan fingerprint density at radius 2 is 2.13 bits per heavy atom. The van der Waals surface area contributed by atoms with Crippen LogP contribution >= 0.6 is 0 Å².